The van der Waals surface area contributed by atoms with Crippen LogP contribution in [0, 0.1) is 6.92 Å². The monoisotopic (exact) mass is 322 g/mol. The van der Waals surface area contributed by atoms with E-state index in [1.54, 1.807) is 0 Å². The Balaban J connectivity index is 1.75. The summed E-state index contributed by atoms with van der Waals surface area (Å²) in [5, 5.41) is 20.0. The second-order valence-corrected chi connectivity index (χ2v) is 6.13. The molecule has 0 spiro atoms. The quantitative estimate of drug-likeness (QED) is 0.907. The first-order valence-electron chi connectivity index (χ1n) is 7.33. The van der Waals surface area contributed by atoms with Crippen molar-refractivity contribution in [2.75, 3.05) is 13.1 Å². The molecule has 0 amide bonds. The average Bonchev–Trinajstić information content (AvgIpc) is 2.84. The first-order valence-corrected chi connectivity index (χ1v) is 7.71. The van der Waals surface area contributed by atoms with Crippen molar-refractivity contribution < 1.29 is 14.6 Å². The van der Waals surface area contributed by atoms with Crippen molar-refractivity contribution in [3.05, 3.63) is 40.7 Å². The van der Waals surface area contributed by atoms with Crippen LogP contribution in [0.5, 0.6) is 0 Å². The van der Waals surface area contributed by atoms with E-state index in [0.29, 0.717) is 30.4 Å². The molecule has 0 saturated carbocycles. The molecule has 2 atom stereocenters. The van der Waals surface area contributed by atoms with Gasteiger partial charge in [0, 0.05) is 30.2 Å². The number of benzene rings is 1. The van der Waals surface area contributed by atoms with E-state index >= 15 is 0 Å². The number of aliphatic hydroxyl groups excluding tert-OH is 2. The number of nitrogens with zero attached hydrogens (tertiary/aromatic N) is 2. The van der Waals surface area contributed by atoms with Gasteiger partial charge in [0.05, 0.1) is 17.9 Å². The van der Waals surface area contributed by atoms with Crippen LogP contribution in [0.2, 0.25) is 5.02 Å². The summed E-state index contributed by atoms with van der Waals surface area (Å²) >= 11 is 6.00. The SMILES string of the molecule is Cc1oc(-c2cccc(Cl)c2)nc1CN1CCC(O)C(O)C1. The van der Waals surface area contributed by atoms with Gasteiger partial charge in [0.2, 0.25) is 5.89 Å². The Kier molecular flexibility index (Phi) is 4.49. The maximum Gasteiger partial charge on any atom is 0.226 e. The Morgan fingerprint density at radius 1 is 1.36 bits per heavy atom. The van der Waals surface area contributed by atoms with Gasteiger partial charge < -0.3 is 14.6 Å². The zero-order chi connectivity index (χ0) is 15.7. The molecule has 3 rings (SSSR count). The van der Waals surface area contributed by atoms with Crippen LogP contribution in [0.4, 0.5) is 0 Å². The third-order valence-electron chi connectivity index (χ3n) is 3.97. The van der Waals surface area contributed by atoms with Crippen molar-refractivity contribution in [3.63, 3.8) is 0 Å². The number of β-amino-alcohol motifs (C(OH)–C–C–N with tert-alkyl or cyclic N) is 1. The lowest BCUT2D eigenvalue weighted by Gasteiger charge is -2.32. The highest BCUT2D eigenvalue weighted by Gasteiger charge is 2.26. The molecule has 2 unspecified atom stereocenters. The summed E-state index contributed by atoms with van der Waals surface area (Å²) in [6.07, 6.45) is -0.760. The van der Waals surface area contributed by atoms with E-state index in [-0.39, 0.29) is 0 Å². The second kappa shape index (κ2) is 6.38. The zero-order valence-electron chi connectivity index (χ0n) is 12.4. The summed E-state index contributed by atoms with van der Waals surface area (Å²) in [7, 11) is 0. The summed E-state index contributed by atoms with van der Waals surface area (Å²) < 4.78 is 5.74. The van der Waals surface area contributed by atoms with E-state index in [1.807, 2.05) is 31.2 Å². The number of piperidine rings is 1. The summed E-state index contributed by atoms with van der Waals surface area (Å²) in [4.78, 5) is 6.62. The Bertz CT molecular complexity index is 659. The Morgan fingerprint density at radius 2 is 2.18 bits per heavy atom. The average molecular weight is 323 g/mol. The van der Waals surface area contributed by atoms with Crippen molar-refractivity contribution in [1.29, 1.82) is 0 Å². The fourth-order valence-corrected chi connectivity index (χ4v) is 2.85. The topological polar surface area (TPSA) is 69.7 Å². The van der Waals surface area contributed by atoms with Crippen LogP contribution in [-0.4, -0.2) is 45.4 Å². The van der Waals surface area contributed by atoms with Gasteiger partial charge in [-0.1, -0.05) is 17.7 Å². The number of halogens is 1. The fraction of sp³-hybridized carbons (Fsp3) is 0.438. The largest absolute Gasteiger partial charge is 0.441 e. The molecule has 1 aromatic heterocycles. The van der Waals surface area contributed by atoms with Gasteiger partial charge >= 0.3 is 0 Å². The molecule has 5 nitrogen and oxygen atoms in total. The standard InChI is InChI=1S/C16H19ClN2O3/c1-10-13(8-19-6-5-14(20)15(21)9-19)18-16(22-10)11-3-2-4-12(17)7-11/h2-4,7,14-15,20-21H,5-6,8-9H2,1H3. The number of aromatic nitrogens is 1. The van der Waals surface area contributed by atoms with Gasteiger partial charge in [-0.25, -0.2) is 4.98 Å². The summed E-state index contributed by atoms with van der Waals surface area (Å²) in [6, 6.07) is 7.39. The van der Waals surface area contributed by atoms with Gasteiger partial charge in [0.1, 0.15) is 5.76 Å². The Morgan fingerprint density at radius 3 is 2.91 bits per heavy atom. The van der Waals surface area contributed by atoms with Crippen molar-refractivity contribution in [1.82, 2.24) is 9.88 Å². The minimum atomic E-state index is -0.701. The van der Waals surface area contributed by atoms with E-state index < -0.39 is 12.2 Å². The number of hydrogen-bond acceptors (Lipinski definition) is 5. The molecule has 1 saturated heterocycles. The van der Waals surface area contributed by atoms with Crippen molar-refractivity contribution in [3.8, 4) is 11.5 Å². The molecule has 0 bridgehead atoms. The molecular weight excluding hydrogens is 304 g/mol. The van der Waals surface area contributed by atoms with Crippen LogP contribution < -0.4 is 0 Å². The van der Waals surface area contributed by atoms with Gasteiger partial charge in [-0.3, -0.25) is 4.90 Å². The van der Waals surface area contributed by atoms with Gasteiger partial charge in [-0.15, -0.1) is 0 Å². The third-order valence-corrected chi connectivity index (χ3v) is 4.20. The second-order valence-electron chi connectivity index (χ2n) is 5.69. The number of aliphatic hydroxyl groups is 2. The Labute approximate surface area is 134 Å². The minimum Gasteiger partial charge on any atom is -0.441 e. The van der Waals surface area contributed by atoms with Gasteiger partial charge in [0.15, 0.2) is 0 Å². The lowest BCUT2D eigenvalue weighted by Crippen LogP contribution is -2.46. The molecule has 1 fully saturated rings. The lowest BCUT2D eigenvalue weighted by atomic mass is 10.1. The highest BCUT2D eigenvalue weighted by atomic mass is 35.5. The smallest absolute Gasteiger partial charge is 0.226 e. The Hall–Kier alpha value is -1.40. The van der Waals surface area contributed by atoms with E-state index in [9.17, 15) is 10.2 Å². The number of hydrogen-bond donors (Lipinski definition) is 2. The van der Waals surface area contributed by atoms with E-state index in [0.717, 1.165) is 23.6 Å². The molecule has 0 radical (unpaired) electrons. The first-order chi connectivity index (χ1) is 10.5. The number of rotatable bonds is 3. The van der Waals surface area contributed by atoms with Crippen LogP contribution in [0.3, 0.4) is 0 Å². The van der Waals surface area contributed by atoms with Crippen LogP contribution in [0.25, 0.3) is 11.5 Å². The molecule has 6 heteroatoms. The molecule has 2 N–H and O–H groups in total. The van der Waals surface area contributed by atoms with E-state index in [1.165, 1.54) is 0 Å². The van der Waals surface area contributed by atoms with E-state index in [2.05, 4.69) is 9.88 Å². The third kappa shape index (κ3) is 3.33. The van der Waals surface area contributed by atoms with Gasteiger partial charge in [-0.05, 0) is 31.5 Å². The molecule has 2 aromatic rings. The molecule has 118 valence electrons. The van der Waals surface area contributed by atoms with Crippen molar-refractivity contribution >= 4 is 11.6 Å². The highest BCUT2D eigenvalue weighted by molar-refractivity contribution is 6.30. The fourth-order valence-electron chi connectivity index (χ4n) is 2.66. The summed E-state index contributed by atoms with van der Waals surface area (Å²) in [5.74, 6) is 1.31. The van der Waals surface area contributed by atoms with Crippen molar-refractivity contribution in [2.45, 2.75) is 32.1 Å². The van der Waals surface area contributed by atoms with Crippen molar-refractivity contribution in [2.24, 2.45) is 0 Å². The molecule has 1 aliphatic heterocycles. The predicted molar refractivity (Wildman–Crippen MR) is 83.6 cm³/mol. The maximum absolute atomic E-state index is 9.76. The lowest BCUT2D eigenvalue weighted by molar-refractivity contribution is -0.0406. The highest BCUT2D eigenvalue weighted by Crippen LogP contribution is 2.25. The van der Waals surface area contributed by atoms with Crippen LogP contribution in [0.15, 0.2) is 28.7 Å². The minimum absolute atomic E-state index is 0.444. The van der Waals surface area contributed by atoms with Crippen LogP contribution in [0.1, 0.15) is 17.9 Å². The summed E-state index contributed by atoms with van der Waals surface area (Å²) in [5.41, 5.74) is 1.69. The number of oxazole rings is 1. The molecule has 22 heavy (non-hydrogen) atoms. The molecule has 1 aromatic carbocycles. The van der Waals surface area contributed by atoms with E-state index in [4.69, 9.17) is 16.0 Å². The van der Waals surface area contributed by atoms with Crippen LogP contribution in [-0.2, 0) is 6.54 Å². The molecular formula is C16H19ClN2O3. The number of aryl methyl sites for hydroxylation is 1. The molecule has 2 heterocycles. The summed E-state index contributed by atoms with van der Waals surface area (Å²) in [6.45, 7) is 3.66. The predicted octanol–water partition coefficient (Wildman–Crippen LogP) is 2.23. The number of likely N-dealkylation sites (tertiary alicyclic amines) is 1. The maximum atomic E-state index is 9.76. The zero-order valence-corrected chi connectivity index (χ0v) is 13.1. The van der Waals surface area contributed by atoms with Gasteiger partial charge in [0.25, 0.3) is 0 Å². The van der Waals surface area contributed by atoms with Crippen LogP contribution >= 0.6 is 11.6 Å². The normalized spacial score (nSPS) is 22.9. The van der Waals surface area contributed by atoms with Gasteiger partial charge in [-0.2, -0.15) is 0 Å². The molecule has 1 aliphatic rings. The first kappa shape index (κ1) is 15.5. The molecule has 0 aliphatic carbocycles.